The highest BCUT2D eigenvalue weighted by Crippen LogP contribution is 2.21. The van der Waals surface area contributed by atoms with Crippen LogP contribution in [-0.4, -0.2) is 9.13 Å². The van der Waals surface area contributed by atoms with Gasteiger partial charge in [0.25, 0.3) is 0 Å². The van der Waals surface area contributed by atoms with Crippen LogP contribution < -0.4 is 9.13 Å². The third-order valence-corrected chi connectivity index (χ3v) is 15.4. The van der Waals surface area contributed by atoms with E-state index in [-0.39, 0.29) is 0 Å². The molecule has 0 saturated heterocycles. The van der Waals surface area contributed by atoms with Gasteiger partial charge in [0.1, 0.15) is 24.8 Å². The molecule has 2 aromatic heterocycles. The number of aromatic nitrogens is 4. The first-order valence-electron chi connectivity index (χ1n) is 31.4. The lowest BCUT2D eigenvalue weighted by atomic mass is 10.0. The maximum absolute atomic E-state index is 2.69. The molecule has 0 aliphatic rings. The first-order valence-corrected chi connectivity index (χ1v) is 31.4. The van der Waals surface area contributed by atoms with Crippen molar-refractivity contribution in [3.05, 3.63) is 24.8 Å². The Hall–Kier alpha value is -1.58. The molecule has 0 atom stereocenters. The molecule has 0 spiro atoms. The Morgan fingerprint density at radius 2 is 0.418 bits per heavy atom. The van der Waals surface area contributed by atoms with E-state index in [0.29, 0.717) is 0 Å². The SMILES string of the molecule is CCCCCCCCCCCCCCCCn1cc[n+](CCCCCCCCCCCCC)c1-c1n(CCCCCCCCCCCC)cc[n+]1CCCCCCCCCCCCCCCC. The molecule has 0 aromatic carbocycles. The zero-order valence-corrected chi connectivity index (χ0v) is 46.6. The fraction of sp³-hybridized carbons (Fsp3) is 0.905. The van der Waals surface area contributed by atoms with Gasteiger partial charge in [-0.1, -0.05) is 291 Å². The van der Waals surface area contributed by atoms with Gasteiger partial charge in [-0.15, -0.1) is 0 Å². The summed E-state index contributed by atoms with van der Waals surface area (Å²) in [5.41, 5.74) is 0. The predicted molar refractivity (Wildman–Crippen MR) is 297 cm³/mol. The molecule has 0 aliphatic carbocycles. The maximum atomic E-state index is 2.69. The zero-order valence-electron chi connectivity index (χ0n) is 46.6. The Balaban J connectivity index is 2.02. The largest absolute Gasteiger partial charge is 0.373 e. The molecule has 0 radical (unpaired) electrons. The van der Waals surface area contributed by atoms with Crippen LogP contribution in [-0.2, 0) is 26.2 Å². The van der Waals surface area contributed by atoms with Crippen LogP contribution in [0, 0.1) is 0 Å². The van der Waals surface area contributed by atoms with E-state index in [0.717, 1.165) is 26.2 Å². The van der Waals surface area contributed by atoms with Crippen LogP contribution in [0.25, 0.3) is 11.6 Å². The van der Waals surface area contributed by atoms with Crippen molar-refractivity contribution in [2.75, 3.05) is 0 Å². The summed E-state index contributed by atoms with van der Waals surface area (Å²) in [5.74, 6) is 2.98. The third kappa shape index (κ3) is 34.4. The van der Waals surface area contributed by atoms with Gasteiger partial charge in [-0.05, 0) is 51.4 Å². The molecule has 2 rings (SSSR count). The molecule has 0 aliphatic heterocycles. The highest BCUT2D eigenvalue weighted by atomic mass is 15.2. The lowest BCUT2D eigenvalue weighted by Crippen LogP contribution is -2.43. The van der Waals surface area contributed by atoms with Gasteiger partial charge < -0.3 is 0 Å². The van der Waals surface area contributed by atoms with Crippen LogP contribution >= 0.6 is 0 Å². The van der Waals surface area contributed by atoms with Crippen LogP contribution in [0.15, 0.2) is 24.8 Å². The molecule has 67 heavy (non-hydrogen) atoms. The Kier molecular flexibility index (Phi) is 44.1. The van der Waals surface area contributed by atoms with E-state index in [4.69, 9.17) is 0 Å². The second kappa shape index (κ2) is 48.1. The quantitative estimate of drug-likeness (QED) is 0.0465. The van der Waals surface area contributed by atoms with Gasteiger partial charge in [-0.25, -0.2) is 18.3 Å². The summed E-state index contributed by atoms with van der Waals surface area (Å²) >= 11 is 0. The maximum Gasteiger partial charge on any atom is 0.373 e. The number of hydrogen-bond donors (Lipinski definition) is 0. The van der Waals surface area contributed by atoms with E-state index >= 15 is 0 Å². The Morgan fingerprint density at radius 1 is 0.239 bits per heavy atom. The minimum absolute atomic E-state index is 1.15. The molecular weight excluding hydrogens is 813 g/mol. The topological polar surface area (TPSA) is 17.6 Å². The fourth-order valence-electron chi connectivity index (χ4n) is 10.8. The lowest BCUT2D eigenvalue weighted by molar-refractivity contribution is -0.715. The van der Waals surface area contributed by atoms with Gasteiger partial charge in [0.2, 0.25) is 0 Å². The van der Waals surface area contributed by atoms with E-state index in [2.05, 4.69) is 70.8 Å². The van der Waals surface area contributed by atoms with Crippen molar-refractivity contribution in [2.24, 2.45) is 0 Å². The van der Waals surface area contributed by atoms with Crippen molar-refractivity contribution in [3.8, 4) is 11.6 Å². The summed E-state index contributed by atoms with van der Waals surface area (Å²) in [6, 6.07) is 0. The molecule has 0 fully saturated rings. The number of aryl methyl sites for hydroxylation is 4. The molecule has 4 nitrogen and oxygen atoms in total. The molecule has 2 aromatic rings. The van der Waals surface area contributed by atoms with Gasteiger partial charge in [0, 0.05) is 0 Å². The Labute approximate surface area is 421 Å². The van der Waals surface area contributed by atoms with Crippen LogP contribution in [0.4, 0.5) is 0 Å². The molecule has 0 N–H and O–H groups in total. The molecule has 0 amide bonds. The van der Waals surface area contributed by atoms with Crippen LogP contribution in [0.2, 0.25) is 0 Å². The van der Waals surface area contributed by atoms with Crippen molar-refractivity contribution in [3.63, 3.8) is 0 Å². The smallest absolute Gasteiger partial charge is 0.223 e. The average Bonchev–Trinajstić information content (AvgIpc) is 3.93. The predicted octanol–water partition coefficient (Wildman–Crippen LogP) is 20.7. The second-order valence-electron chi connectivity index (χ2n) is 21.9. The minimum atomic E-state index is 1.15. The number of hydrogen-bond acceptors (Lipinski definition) is 0. The number of nitrogens with zero attached hydrogens (tertiary/aromatic N) is 4. The third-order valence-electron chi connectivity index (χ3n) is 15.4. The van der Waals surface area contributed by atoms with E-state index in [1.807, 2.05) is 0 Å². The van der Waals surface area contributed by atoms with E-state index < -0.39 is 0 Å². The van der Waals surface area contributed by atoms with Crippen molar-refractivity contribution in [1.82, 2.24) is 9.13 Å². The molecule has 4 heteroatoms. The first kappa shape index (κ1) is 61.5. The lowest BCUT2D eigenvalue weighted by Gasteiger charge is -2.08. The minimum Gasteiger partial charge on any atom is -0.223 e. The van der Waals surface area contributed by atoms with E-state index in [1.165, 1.54) is 326 Å². The van der Waals surface area contributed by atoms with Crippen LogP contribution in [0.1, 0.15) is 342 Å². The standard InChI is InChI=1S/C63H122N4/c1-5-9-13-17-21-25-29-31-33-36-40-44-48-52-56-66-59-58-64(54-50-46-42-38-28-24-20-16-12-8-4)62(66)63-65(55-51-47-43-39-35-27-23-19-15-11-7-3)60-61-67(63)57-53-49-45-41-37-34-32-30-26-22-18-14-10-6-2/h58-61H,5-57H2,1-4H3/q+2. The van der Waals surface area contributed by atoms with Gasteiger partial charge in [0.15, 0.2) is 0 Å². The molecule has 392 valence electrons. The van der Waals surface area contributed by atoms with Crippen LogP contribution in [0.3, 0.4) is 0 Å². The van der Waals surface area contributed by atoms with Gasteiger partial charge >= 0.3 is 11.6 Å². The van der Waals surface area contributed by atoms with Gasteiger partial charge in [-0.2, -0.15) is 0 Å². The highest BCUT2D eigenvalue weighted by Gasteiger charge is 2.32. The highest BCUT2D eigenvalue weighted by molar-refractivity contribution is 5.36. The van der Waals surface area contributed by atoms with Crippen molar-refractivity contribution < 1.29 is 9.13 Å². The summed E-state index contributed by atoms with van der Waals surface area (Å²) in [7, 11) is 0. The summed E-state index contributed by atoms with van der Waals surface area (Å²) in [5, 5.41) is 0. The first-order chi connectivity index (χ1) is 33.3. The monoisotopic (exact) mass is 935 g/mol. The fourth-order valence-corrected chi connectivity index (χ4v) is 10.8. The zero-order chi connectivity index (χ0) is 47.8. The normalized spacial score (nSPS) is 11.8. The summed E-state index contributed by atoms with van der Waals surface area (Å²) in [4.78, 5) is 0. The Bertz CT molecular complexity index is 1270. The van der Waals surface area contributed by atoms with Crippen molar-refractivity contribution in [2.45, 2.75) is 368 Å². The average molecular weight is 936 g/mol. The van der Waals surface area contributed by atoms with Crippen molar-refractivity contribution in [1.29, 1.82) is 0 Å². The van der Waals surface area contributed by atoms with E-state index in [9.17, 15) is 0 Å². The number of unbranched alkanes of at least 4 members (excludes halogenated alkanes) is 45. The summed E-state index contributed by atoms with van der Waals surface area (Å²) in [6.07, 6.45) is 79.2. The molecule has 0 bridgehead atoms. The molecule has 2 heterocycles. The number of rotatable bonds is 54. The Morgan fingerprint density at radius 3 is 0.627 bits per heavy atom. The van der Waals surface area contributed by atoms with E-state index in [1.54, 1.807) is 0 Å². The molecule has 0 unspecified atom stereocenters. The van der Waals surface area contributed by atoms with Gasteiger partial charge in [0.05, 0.1) is 26.2 Å². The van der Waals surface area contributed by atoms with Crippen molar-refractivity contribution >= 4 is 0 Å². The molecule has 0 saturated carbocycles. The molecular formula is C63H122N4+2. The van der Waals surface area contributed by atoms with Gasteiger partial charge in [-0.3, -0.25) is 0 Å². The number of imidazole rings is 2. The second-order valence-corrected chi connectivity index (χ2v) is 21.9. The van der Waals surface area contributed by atoms with Crippen LogP contribution in [0.5, 0.6) is 0 Å². The summed E-state index contributed by atoms with van der Waals surface area (Å²) in [6.45, 7) is 13.9. The summed E-state index contributed by atoms with van der Waals surface area (Å²) < 4.78 is 10.7.